The maximum absolute atomic E-state index is 12.0. The first-order valence-electron chi connectivity index (χ1n) is 7.53. The summed E-state index contributed by atoms with van der Waals surface area (Å²) in [5.41, 5.74) is 1.03. The van der Waals surface area contributed by atoms with E-state index in [4.69, 9.17) is 11.6 Å². The lowest BCUT2D eigenvalue weighted by Crippen LogP contribution is -2.34. The van der Waals surface area contributed by atoms with Crippen molar-refractivity contribution in [3.63, 3.8) is 0 Å². The van der Waals surface area contributed by atoms with Gasteiger partial charge < -0.3 is 5.32 Å². The van der Waals surface area contributed by atoms with Crippen LogP contribution in [0, 0.1) is 0 Å². The molecule has 0 aliphatic heterocycles. The maximum Gasteiger partial charge on any atom is 0.240 e. The highest BCUT2D eigenvalue weighted by atomic mass is 35.5. The van der Waals surface area contributed by atoms with Crippen LogP contribution < -0.4 is 10.0 Å². The van der Waals surface area contributed by atoms with Crippen molar-refractivity contribution < 1.29 is 13.2 Å². The minimum Gasteiger partial charge on any atom is -0.355 e. The maximum atomic E-state index is 12.0. The molecule has 5 nitrogen and oxygen atoms in total. The molecule has 0 atom stereocenters. The van der Waals surface area contributed by atoms with Crippen LogP contribution in [-0.4, -0.2) is 27.4 Å². The molecule has 2 aromatic rings. The van der Waals surface area contributed by atoms with Crippen LogP contribution in [-0.2, 0) is 21.2 Å². The van der Waals surface area contributed by atoms with Crippen molar-refractivity contribution in [1.29, 1.82) is 0 Å². The normalized spacial score (nSPS) is 11.2. The zero-order chi connectivity index (χ0) is 17.4. The summed E-state index contributed by atoms with van der Waals surface area (Å²) in [6.07, 6.45) is 0.950. The molecule has 2 aromatic carbocycles. The van der Waals surface area contributed by atoms with Crippen LogP contribution in [0.1, 0.15) is 12.0 Å². The van der Waals surface area contributed by atoms with Gasteiger partial charge in [0.05, 0.1) is 4.90 Å². The molecule has 1 amide bonds. The van der Waals surface area contributed by atoms with Crippen LogP contribution in [0.2, 0.25) is 5.02 Å². The number of carbonyl (C=O) groups excluding carboxylic acids is 1. The number of hydrogen-bond acceptors (Lipinski definition) is 3. The molecule has 0 aliphatic rings. The Morgan fingerprint density at radius 2 is 1.62 bits per heavy atom. The van der Waals surface area contributed by atoms with Gasteiger partial charge in [-0.2, -0.15) is 0 Å². The largest absolute Gasteiger partial charge is 0.355 e. The molecule has 0 aromatic heterocycles. The number of nitrogens with one attached hydrogen (secondary N) is 2. The van der Waals surface area contributed by atoms with E-state index in [1.807, 2.05) is 12.1 Å². The predicted molar refractivity (Wildman–Crippen MR) is 94.4 cm³/mol. The SMILES string of the molecule is O=C(CCc1ccc(Cl)cc1)NCCNS(=O)(=O)c1ccccc1. The Kier molecular flexibility index (Phi) is 6.78. The van der Waals surface area contributed by atoms with Crippen molar-refractivity contribution in [1.82, 2.24) is 10.0 Å². The van der Waals surface area contributed by atoms with Crippen molar-refractivity contribution in [2.24, 2.45) is 0 Å². The molecule has 0 heterocycles. The van der Waals surface area contributed by atoms with Crippen LogP contribution >= 0.6 is 11.6 Å². The Bertz CT molecular complexity index is 762. The van der Waals surface area contributed by atoms with Crippen molar-refractivity contribution in [3.05, 3.63) is 65.2 Å². The summed E-state index contributed by atoms with van der Waals surface area (Å²) in [5.74, 6) is -0.121. The van der Waals surface area contributed by atoms with Gasteiger partial charge in [-0.25, -0.2) is 13.1 Å². The Morgan fingerprint density at radius 3 is 2.29 bits per heavy atom. The monoisotopic (exact) mass is 366 g/mol. The number of benzene rings is 2. The summed E-state index contributed by atoms with van der Waals surface area (Å²) >= 11 is 5.80. The van der Waals surface area contributed by atoms with Crippen molar-refractivity contribution in [2.75, 3.05) is 13.1 Å². The molecule has 24 heavy (non-hydrogen) atoms. The third kappa shape index (κ3) is 5.96. The quantitative estimate of drug-likeness (QED) is 0.704. The minimum absolute atomic E-state index is 0.121. The van der Waals surface area contributed by atoms with Crippen LogP contribution in [0.4, 0.5) is 0 Å². The van der Waals surface area contributed by atoms with Crippen LogP contribution in [0.25, 0.3) is 0 Å². The van der Waals surface area contributed by atoms with Gasteiger partial charge in [0.1, 0.15) is 0 Å². The van der Waals surface area contributed by atoms with E-state index < -0.39 is 10.0 Å². The van der Waals surface area contributed by atoms with E-state index in [-0.39, 0.29) is 23.9 Å². The van der Waals surface area contributed by atoms with Gasteiger partial charge in [0.2, 0.25) is 15.9 Å². The second kappa shape index (κ2) is 8.82. The molecule has 0 bridgehead atoms. The molecule has 2 rings (SSSR count). The molecule has 0 aliphatic carbocycles. The minimum atomic E-state index is -3.53. The smallest absolute Gasteiger partial charge is 0.240 e. The fraction of sp³-hybridized carbons (Fsp3) is 0.235. The topological polar surface area (TPSA) is 75.3 Å². The van der Waals surface area contributed by atoms with Crippen LogP contribution in [0.15, 0.2) is 59.5 Å². The van der Waals surface area contributed by atoms with E-state index in [9.17, 15) is 13.2 Å². The second-order valence-electron chi connectivity index (χ2n) is 5.19. The highest BCUT2D eigenvalue weighted by Crippen LogP contribution is 2.10. The zero-order valence-corrected chi connectivity index (χ0v) is 14.6. The van der Waals surface area contributed by atoms with Gasteiger partial charge in [-0.05, 0) is 36.2 Å². The average molecular weight is 367 g/mol. The van der Waals surface area contributed by atoms with Crippen LogP contribution in [0.5, 0.6) is 0 Å². The van der Waals surface area contributed by atoms with E-state index in [1.165, 1.54) is 12.1 Å². The van der Waals surface area contributed by atoms with Gasteiger partial charge in [-0.1, -0.05) is 41.9 Å². The molecule has 0 unspecified atom stereocenters. The van der Waals surface area contributed by atoms with Gasteiger partial charge in [0, 0.05) is 24.5 Å². The van der Waals surface area contributed by atoms with E-state index in [0.29, 0.717) is 17.9 Å². The number of sulfonamides is 1. The number of amides is 1. The zero-order valence-electron chi connectivity index (χ0n) is 13.0. The molecule has 128 valence electrons. The van der Waals surface area contributed by atoms with Crippen molar-refractivity contribution in [2.45, 2.75) is 17.7 Å². The molecule has 7 heteroatoms. The number of aryl methyl sites for hydroxylation is 1. The summed E-state index contributed by atoms with van der Waals surface area (Å²) < 4.78 is 26.4. The Hall–Kier alpha value is -1.89. The summed E-state index contributed by atoms with van der Waals surface area (Å²) in [4.78, 5) is 12.0. The first kappa shape index (κ1) is 18.4. The fourth-order valence-electron chi connectivity index (χ4n) is 2.07. The van der Waals surface area contributed by atoms with Gasteiger partial charge >= 0.3 is 0 Å². The number of halogens is 1. The molecular weight excluding hydrogens is 348 g/mol. The van der Waals surface area contributed by atoms with E-state index >= 15 is 0 Å². The summed E-state index contributed by atoms with van der Waals surface area (Å²) in [6, 6.07) is 15.4. The highest BCUT2D eigenvalue weighted by Gasteiger charge is 2.12. The Labute approximate surface area is 147 Å². The first-order chi connectivity index (χ1) is 11.5. The number of carbonyl (C=O) groups is 1. The Morgan fingerprint density at radius 1 is 0.958 bits per heavy atom. The number of rotatable bonds is 8. The molecule has 0 saturated heterocycles. The van der Waals surface area contributed by atoms with Gasteiger partial charge in [0.15, 0.2) is 0 Å². The number of hydrogen-bond donors (Lipinski definition) is 2. The third-order valence-corrected chi connectivity index (χ3v) is 5.08. The lowest BCUT2D eigenvalue weighted by Gasteiger charge is -2.08. The lowest BCUT2D eigenvalue weighted by atomic mass is 10.1. The summed E-state index contributed by atoms with van der Waals surface area (Å²) in [5, 5.41) is 3.36. The molecular formula is C17H19ClN2O3S. The lowest BCUT2D eigenvalue weighted by molar-refractivity contribution is -0.121. The van der Waals surface area contributed by atoms with E-state index in [0.717, 1.165) is 5.56 Å². The fourth-order valence-corrected chi connectivity index (χ4v) is 3.25. The average Bonchev–Trinajstić information content (AvgIpc) is 2.59. The van der Waals surface area contributed by atoms with Gasteiger partial charge in [-0.3, -0.25) is 4.79 Å². The Balaban J connectivity index is 1.68. The standard InChI is InChI=1S/C17H19ClN2O3S/c18-15-9-6-14(7-10-15)8-11-17(21)19-12-13-20-24(22,23)16-4-2-1-3-5-16/h1-7,9-10,20H,8,11-13H2,(H,19,21). The molecule has 2 N–H and O–H groups in total. The second-order valence-corrected chi connectivity index (χ2v) is 7.39. The summed E-state index contributed by atoms with van der Waals surface area (Å²) in [7, 11) is -3.53. The van der Waals surface area contributed by atoms with Crippen molar-refractivity contribution in [3.8, 4) is 0 Å². The van der Waals surface area contributed by atoms with Gasteiger partial charge in [-0.15, -0.1) is 0 Å². The molecule has 0 saturated carbocycles. The van der Waals surface area contributed by atoms with E-state index in [1.54, 1.807) is 30.3 Å². The predicted octanol–water partition coefficient (Wildman–Crippen LogP) is 2.37. The van der Waals surface area contributed by atoms with E-state index in [2.05, 4.69) is 10.0 Å². The highest BCUT2D eigenvalue weighted by molar-refractivity contribution is 7.89. The van der Waals surface area contributed by atoms with Gasteiger partial charge in [0.25, 0.3) is 0 Å². The third-order valence-electron chi connectivity index (χ3n) is 3.35. The first-order valence-corrected chi connectivity index (χ1v) is 9.39. The molecule has 0 radical (unpaired) electrons. The summed E-state index contributed by atoms with van der Waals surface area (Å²) in [6.45, 7) is 0.384. The van der Waals surface area contributed by atoms with Crippen molar-refractivity contribution >= 4 is 27.5 Å². The van der Waals surface area contributed by atoms with Crippen LogP contribution in [0.3, 0.4) is 0 Å². The molecule has 0 spiro atoms. The molecule has 0 fully saturated rings.